The van der Waals surface area contributed by atoms with Gasteiger partial charge in [0.2, 0.25) is 0 Å². The molecule has 1 fully saturated rings. The predicted octanol–water partition coefficient (Wildman–Crippen LogP) is 8.05. The Labute approximate surface area is 176 Å². The number of hydrogen-bond donors (Lipinski definition) is 0. The van der Waals surface area contributed by atoms with E-state index in [0.29, 0.717) is 11.5 Å². The summed E-state index contributed by atoms with van der Waals surface area (Å²) in [4.78, 5) is 0. The van der Waals surface area contributed by atoms with Gasteiger partial charge in [0.05, 0.1) is 0 Å². The van der Waals surface area contributed by atoms with Gasteiger partial charge < -0.3 is 4.74 Å². The van der Waals surface area contributed by atoms with Crippen molar-refractivity contribution in [1.82, 2.24) is 0 Å². The van der Waals surface area contributed by atoms with Gasteiger partial charge in [0.25, 0.3) is 6.17 Å². The predicted molar refractivity (Wildman–Crippen MR) is 103 cm³/mol. The molecule has 0 heterocycles. The molecule has 3 rings (SSSR count). The van der Waals surface area contributed by atoms with E-state index in [1.807, 2.05) is 6.07 Å². The lowest BCUT2D eigenvalue weighted by molar-refractivity contribution is -0.304. The Kier molecular flexibility index (Phi) is 6.86. The molecule has 0 aromatic heterocycles. The standard InChI is InChI=1S/C23H23F7O/c1-2-14-3-5-15(6-4-14)17-9-12-19(20(24)13-17)16-7-10-18(11-8-16)31-23(29,30)21(25)22(26,27)28/h7-15,21H,2-6H2,1H3. The van der Waals surface area contributed by atoms with E-state index in [-0.39, 0.29) is 5.56 Å². The molecule has 2 aromatic carbocycles. The highest BCUT2D eigenvalue weighted by Gasteiger charge is 2.59. The van der Waals surface area contributed by atoms with Gasteiger partial charge in [-0.25, -0.2) is 8.78 Å². The fourth-order valence-electron chi connectivity index (χ4n) is 4.03. The molecule has 1 nitrogen and oxygen atoms in total. The Morgan fingerprint density at radius 1 is 0.935 bits per heavy atom. The first-order valence-corrected chi connectivity index (χ1v) is 10.2. The van der Waals surface area contributed by atoms with Gasteiger partial charge in [-0.3, -0.25) is 0 Å². The fourth-order valence-corrected chi connectivity index (χ4v) is 4.03. The van der Waals surface area contributed by atoms with Crippen LogP contribution in [0.4, 0.5) is 30.7 Å². The minimum absolute atomic E-state index is 0.225. The van der Waals surface area contributed by atoms with Crippen LogP contribution < -0.4 is 4.74 Å². The van der Waals surface area contributed by atoms with Crippen LogP contribution in [0.25, 0.3) is 11.1 Å². The number of benzene rings is 2. The maximum Gasteiger partial charge on any atom is 0.439 e. The number of hydrogen-bond acceptors (Lipinski definition) is 1. The summed E-state index contributed by atoms with van der Waals surface area (Å²) in [5.41, 5.74) is 1.47. The molecule has 0 N–H and O–H groups in total. The van der Waals surface area contributed by atoms with E-state index in [9.17, 15) is 30.7 Å². The molecule has 0 bridgehead atoms. The Bertz CT molecular complexity index is 868. The van der Waals surface area contributed by atoms with E-state index in [1.54, 1.807) is 6.07 Å². The SMILES string of the molecule is CCC1CCC(c2ccc(-c3ccc(OC(F)(F)C(F)C(F)(F)F)cc3)c(F)c2)CC1. The van der Waals surface area contributed by atoms with Crippen LogP contribution in [0.3, 0.4) is 0 Å². The molecule has 1 aliphatic carbocycles. The highest BCUT2D eigenvalue weighted by Crippen LogP contribution is 2.39. The van der Waals surface area contributed by atoms with Crippen LogP contribution in [0.2, 0.25) is 0 Å². The maximum atomic E-state index is 14.7. The second kappa shape index (κ2) is 9.09. The number of rotatable bonds is 6. The number of alkyl halides is 6. The summed E-state index contributed by atoms with van der Waals surface area (Å²) in [6, 6.07) is 9.28. The van der Waals surface area contributed by atoms with Crippen molar-refractivity contribution in [3.05, 3.63) is 53.8 Å². The zero-order chi connectivity index (χ0) is 22.8. The topological polar surface area (TPSA) is 9.23 Å². The van der Waals surface area contributed by atoms with E-state index < -0.39 is 30.0 Å². The summed E-state index contributed by atoms with van der Waals surface area (Å²) in [6.07, 6.45) is -9.91. The van der Waals surface area contributed by atoms with Crippen LogP contribution >= 0.6 is 0 Å². The molecule has 1 aliphatic rings. The second-order valence-electron chi connectivity index (χ2n) is 7.96. The first-order chi connectivity index (χ1) is 14.5. The molecule has 0 saturated heterocycles. The number of ether oxygens (including phenoxy) is 1. The number of halogens is 7. The lowest BCUT2D eigenvalue weighted by Gasteiger charge is -2.28. The van der Waals surface area contributed by atoms with Crippen LogP contribution in [0.1, 0.15) is 50.5 Å². The maximum absolute atomic E-state index is 14.7. The third-order valence-electron chi connectivity index (χ3n) is 5.89. The van der Waals surface area contributed by atoms with Crippen LogP contribution in [-0.2, 0) is 0 Å². The molecular weight excluding hydrogens is 425 g/mol. The molecule has 1 atom stereocenters. The smallest absolute Gasteiger partial charge is 0.430 e. The molecule has 1 saturated carbocycles. The average Bonchev–Trinajstić information content (AvgIpc) is 2.73. The summed E-state index contributed by atoms with van der Waals surface area (Å²) in [6.45, 7) is 2.17. The van der Waals surface area contributed by atoms with E-state index in [1.165, 1.54) is 18.2 Å². The van der Waals surface area contributed by atoms with Crippen molar-refractivity contribution in [2.24, 2.45) is 5.92 Å². The minimum atomic E-state index is -5.76. The summed E-state index contributed by atoms with van der Waals surface area (Å²) in [7, 11) is 0. The van der Waals surface area contributed by atoms with Gasteiger partial charge in [-0.15, -0.1) is 0 Å². The first kappa shape index (κ1) is 23.4. The van der Waals surface area contributed by atoms with Crippen LogP contribution in [-0.4, -0.2) is 18.5 Å². The molecule has 1 unspecified atom stereocenters. The van der Waals surface area contributed by atoms with Gasteiger partial charge in [-0.05, 0) is 66.8 Å². The minimum Gasteiger partial charge on any atom is -0.430 e. The molecule has 0 amide bonds. The van der Waals surface area contributed by atoms with E-state index >= 15 is 0 Å². The van der Waals surface area contributed by atoms with Crippen molar-refractivity contribution in [3.63, 3.8) is 0 Å². The molecule has 170 valence electrons. The van der Waals surface area contributed by atoms with E-state index in [4.69, 9.17) is 0 Å². The van der Waals surface area contributed by atoms with Crippen molar-refractivity contribution in [2.45, 2.75) is 63.4 Å². The third kappa shape index (κ3) is 5.52. The third-order valence-corrected chi connectivity index (χ3v) is 5.89. The molecular formula is C23H23F7O. The van der Waals surface area contributed by atoms with Crippen LogP contribution in [0.5, 0.6) is 5.75 Å². The quantitative estimate of drug-likeness (QED) is 0.406. The van der Waals surface area contributed by atoms with Crippen LogP contribution in [0.15, 0.2) is 42.5 Å². The Balaban J connectivity index is 1.71. The zero-order valence-corrected chi connectivity index (χ0v) is 16.9. The highest BCUT2D eigenvalue weighted by atomic mass is 19.4. The lowest BCUT2D eigenvalue weighted by Crippen LogP contribution is -2.45. The van der Waals surface area contributed by atoms with Gasteiger partial charge in [-0.2, -0.15) is 22.0 Å². The normalized spacial score (nSPS) is 21.0. The summed E-state index contributed by atoms with van der Waals surface area (Å²) < 4.78 is 94.9. The lowest BCUT2D eigenvalue weighted by atomic mass is 9.77. The monoisotopic (exact) mass is 448 g/mol. The average molecular weight is 448 g/mol. The van der Waals surface area contributed by atoms with Gasteiger partial charge >= 0.3 is 12.3 Å². The van der Waals surface area contributed by atoms with Crippen molar-refractivity contribution in [3.8, 4) is 16.9 Å². The summed E-state index contributed by atoms with van der Waals surface area (Å²) >= 11 is 0. The van der Waals surface area contributed by atoms with Crippen molar-refractivity contribution in [1.29, 1.82) is 0 Å². The first-order valence-electron chi connectivity index (χ1n) is 10.2. The van der Waals surface area contributed by atoms with Crippen molar-refractivity contribution >= 4 is 0 Å². The molecule has 31 heavy (non-hydrogen) atoms. The van der Waals surface area contributed by atoms with Crippen LogP contribution in [0, 0.1) is 11.7 Å². The summed E-state index contributed by atoms with van der Waals surface area (Å²) in [5, 5.41) is 0. The molecule has 0 radical (unpaired) electrons. The Hall–Kier alpha value is -2.25. The molecule has 2 aromatic rings. The zero-order valence-electron chi connectivity index (χ0n) is 16.9. The second-order valence-corrected chi connectivity index (χ2v) is 7.96. The van der Waals surface area contributed by atoms with E-state index in [0.717, 1.165) is 55.7 Å². The summed E-state index contributed by atoms with van der Waals surface area (Å²) in [5.74, 6) is -0.121. The van der Waals surface area contributed by atoms with Crippen molar-refractivity contribution in [2.75, 3.05) is 0 Å². The van der Waals surface area contributed by atoms with Gasteiger partial charge in [0.15, 0.2) is 0 Å². The van der Waals surface area contributed by atoms with Crippen molar-refractivity contribution < 1.29 is 35.5 Å². The van der Waals surface area contributed by atoms with Gasteiger partial charge in [0.1, 0.15) is 11.6 Å². The highest BCUT2D eigenvalue weighted by molar-refractivity contribution is 5.65. The molecule has 0 aliphatic heterocycles. The van der Waals surface area contributed by atoms with Gasteiger partial charge in [0, 0.05) is 5.56 Å². The largest absolute Gasteiger partial charge is 0.439 e. The van der Waals surface area contributed by atoms with E-state index in [2.05, 4.69) is 11.7 Å². The Morgan fingerprint density at radius 2 is 1.55 bits per heavy atom. The molecule has 8 heteroatoms. The molecule has 0 spiro atoms. The Morgan fingerprint density at radius 3 is 2.06 bits per heavy atom. The fraction of sp³-hybridized carbons (Fsp3) is 0.478. The van der Waals surface area contributed by atoms with Gasteiger partial charge in [-0.1, -0.05) is 37.6 Å².